The molecule has 11 heteroatoms. The molecule has 2 aliphatic rings. The molecule has 2 saturated heterocycles. The first-order chi connectivity index (χ1) is 11.2. The van der Waals surface area contributed by atoms with Crippen molar-refractivity contribution in [3.05, 3.63) is 0 Å². The van der Waals surface area contributed by atoms with Crippen LogP contribution in [-0.2, 0) is 28.7 Å². The van der Waals surface area contributed by atoms with Crippen molar-refractivity contribution in [2.75, 3.05) is 13.7 Å². The van der Waals surface area contributed by atoms with Gasteiger partial charge in [0.25, 0.3) is 0 Å². The van der Waals surface area contributed by atoms with Crippen LogP contribution in [0.25, 0.3) is 0 Å². The Hall–Kier alpha value is -2.33. The molecule has 2 amide bonds. The first kappa shape index (κ1) is 18.0. The Kier molecular flexibility index (Phi) is 4.99. The van der Waals surface area contributed by atoms with Crippen LogP contribution in [0.5, 0.6) is 0 Å². The van der Waals surface area contributed by atoms with Crippen LogP contribution >= 0.6 is 0 Å². The molecule has 24 heavy (non-hydrogen) atoms. The number of amides is 2. The van der Waals surface area contributed by atoms with E-state index in [2.05, 4.69) is 4.74 Å². The van der Waals surface area contributed by atoms with Crippen molar-refractivity contribution in [2.24, 2.45) is 0 Å². The summed E-state index contributed by atoms with van der Waals surface area (Å²) in [6.07, 6.45) is -4.36. The molecule has 2 heterocycles. The number of nitrogens with zero attached hydrogens (tertiary/aromatic N) is 1. The summed E-state index contributed by atoms with van der Waals surface area (Å²) in [4.78, 5) is 48.3. The van der Waals surface area contributed by atoms with Crippen LogP contribution < -0.4 is 5.32 Å². The molecule has 0 spiro atoms. The number of cyclic esters (lactones) is 1. The molecule has 8 nitrogen and oxygen atoms in total. The highest BCUT2D eigenvalue weighted by Gasteiger charge is 2.49. The summed E-state index contributed by atoms with van der Waals surface area (Å²) in [6, 6.07) is -3.93. The fraction of sp³-hybridized carbons (Fsp3) is 0.692. The number of fused-ring (bicyclic) bond motifs is 1. The van der Waals surface area contributed by atoms with Crippen LogP contribution in [-0.4, -0.2) is 66.7 Å². The van der Waals surface area contributed by atoms with Gasteiger partial charge in [0.15, 0.2) is 0 Å². The lowest BCUT2D eigenvalue weighted by Crippen LogP contribution is -2.60. The number of carbonyl (C=O) groups excluding carboxylic acids is 4. The van der Waals surface area contributed by atoms with Gasteiger partial charge in [-0.1, -0.05) is 0 Å². The summed E-state index contributed by atoms with van der Waals surface area (Å²) < 4.78 is 46.5. The van der Waals surface area contributed by atoms with Crippen LogP contribution in [0.15, 0.2) is 0 Å². The van der Waals surface area contributed by atoms with Gasteiger partial charge in [0.05, 0.1) is 7.11 Å². The minimum atomic E-state index is -5.19. The standard InChI is InChI=1S/C13H15F3N2O6/c1-23-10(20)7-3-2-4-8-11(21)24-5-6(9(19)18(7)8)17-12(22)13(14,15)16/h6-8H,2-5H2,1H3,(H,17,22)/t6?,7-,8+/m0/s1. The summed E-state index contributed by atoms with van der Waals surface area (Å²) in [5.74, 6) is -4.94. The van der Waals surface area contributed by atoms with Crippen molar-refractivity contribution in [2.45, 2.75) is 43.6 Å². The van der Waals surface area contributed by atoms with Crippen LogP contribution in [0.3, 0.4) is 0 Å². The van der Waals surface area contributed by atoms with E-state index in [1.54, 1.807) is 0 Å². The first-order valence-electron chi connectivity index (χ1n) is 7.11. The number of nitrogens with one attached hydrogen (secondary N) is 1. The fourth-order valence-electron chi connectivity index (χ4n) is 2.76. The predicted octanol–water partition coefficient (Wildman–Crippen LogP) is -0.487. The van der Waals surface area contributed by atoms with E-state index in [4.69, 9.17) is 4.74 Å². The zero-order chi connectivity index (χ0) is 18.1. The van der Waals surface area contributed by atoms with Crippen molar-refractivity contribution in [1.82, 2.24) is 10.2 Å². The molecule has 0 aromatic rings. The second kappa shape index (κ2) is 6.65. The van der Waals surface area contributed by atoms with Gasteiger partial charge in [-0.2, -0.15) is 13.2 Å². The van der Waals surface area contributed by atoms with Gasteiger partial charge in [-0.3, -0.25) is 9.59 Å². The molecule has 0 radical (unpaired) electrons. The average molecular weight is 352 g/mol. The second-order valence-electron chi connectivity index (χ2n) is 5.39. The Morgan fingerprint density at radius 2 is 1.96 bits per heavy atom. The van der Waals surface area contributed by atoms with Crippen molar-refractivity contribution in [3.8, 4) is 0 Å². The van der Waals surface area contributed by atoms with E-state index in [9.17, 15) is 32.3 Å². The van der Waals surface area contributed by atoms with Crippen molar-refractivity contribution < 1.29 is 41.8 Å². The molecule has 0 aliphatic carbocycles. The Morgan fingerprint density at radius 1 is 1.29 bits per heavy atom. The number of esters is 2. The molecule has 134 valence electrons. The molecule has 3 atom stereocenters. The van der Waals surface area contributed by atoms with Crippen LogP contribution in [0.2, 0.25) is 0 Å². The summed E-state index contributed by atoms with van der Waals surface area (Å²) >= 11 is 0. The predicted molar refractivity (Wildman–Crippen MR) is 69.2 cm³/mol. The normalized spacial score (nSPS) is 27.7. The lowest BCUT2D eigenvalue weighted by atomic mass is 9.95. The van der Waals surface area contributed by atoms with Gasteiger partial charge >= 0.3 is 24.0 Å². The zero-order valence-electron chi connectivity index (χ0n) is 12.6. The maximum Gasteiger partial charge on any atom is 0.471 e. The minimum Gasteiger partial charge on any atom is -0.467 e. The van der Waals surface area contributed by atoms with Gasteiger partial charge in [-0.05, 0) is 19.3 Å². The molecule has 2 fully saturated rings. The minimum absolute atomic E-state index is 0.197. The molecule has 0 saturated carbocycles. The SMILES string of the molecule is COC(=O)[C@@H]1CCC[C@@H]2C(=O)OCC(NC(=O)C(F)(F)F)C(=O)N21. The van der Waals surface area contributed by atoms with Gasteiger partial charge < -0.3 is 19.7 Å². The molecule has 0 aromatic heterocycles. The highest BCUT2D eigenvalue weighted by atomic mass is 19.4. The van der Waals surface area contributed by atoms with E-state index >= 15 is 0 Å². The van der Waals surface area contributed by atoms with E-state index in [0.29, 0.717) is 6.42 Å². The molecule has 1 N–H and O–H groups in total. The maximum absolute atomic E-state index is 12.5. The molecular formula is C13H15F3N2O6. The van der Waals surface area contributed by atoms with Gasteiger partial charge in [-0.15, -0.1) is 0 Å². The van der Waals surface area contributed by atoms with E-state index in [1.807, 2.05) is 0 Å². The van der Waals surface area contributed by atoms with Gasteiger partial charge in [-0.25, -0.2) is 9.59 Å². The third-order valence-electron chi connectivity index (χ3n) is 3.88. The largest absolute Gasteiger partial charge is 0.471 e. The Bertz CT molecular complexity index is 564. The molecular weight excluding hydrogens is 337 g/mol. The summed E-state index contributed by atoms with van der Waals surface area (Å²) in [7, 11) is 1.09. The molecule has 2 aliphatic heterocycles. The number of halogens is 3. The van der Waals surface area contributed by atoms with Crippen molar-refractivity contribution >= 4 is 23.8 Å². The fourth-order valence-corrected chi connectivity index (χ4v) is 2.76. The van der Waals surface area contributed by atoms with Gasteiger partial charge in [0.1, 0.15) is 24.7 Å². The zero-order valence-corrected chi connectivity index (χ0v) is 12.6. The highest BCUT2D eigenvalue weighted by Crippen LogP contribution is 2.28. The Balaban J connectivity index is 2.28. The van der Waals surface area contributed by atoms with Gasteiger partial charge in [0, 0.05) is 0 Å². The highest BCUT2D eigenvalue weighted by molar-refractivity contribution is 5.96. The number of methoxy groups -OCH3 is 1. The summed E-state index contributed by atoms with van der Waals surface area (Å²) in [5.41, 5.74) is 0. The Labute approximate surface area is 134 Å². The molecule has 0 bridgehead atoms. The third kappa shape index (κ3) is 3.44. The van der Waals surface area contributed by atoms with E-state index in [-0.39, 0.29) is 12.8 Å². The van der Waals surface area contributed by atoms with Gasteiger partial charge in [0.2, 0.25) is 5.91 Å². The quantitative estimate of drug-likeness (QED) is 0.673. The number of piperidine rings is 1. The van der Waals surface area contributed by atoms with Crippen LogP contribution in [0.4, 0.5) is 13.2 Å². The maximum atomic E-state index is 12.5. The first-order valence-corrected chi connectivity index (χ1v) is 7.11. The van der Waals surface area contributed by atoms with Crippen molar-refractivity contribution in [3.63, 3.8) is 0 Å². The number of rotatable bonds is 2. The number of ether oxygens (including phenoxy) is 2. The number of hydrogen-bond donors (Lipinski definition) is 1. The lowest BCUT2D eigenvalue weighted by molar-refractivity contribution is -0.175. The number of alkyl halides is 3. The Morgan fingerprint density at radius 3 is 2.54 bits per heavy atom. The summed E-state index contributed by atoms with van der Waals surface area (Å²) in [5, 5.41) is 1.50. The van der Waals surface area contributed by atoms with E-state index in [1.165, 1.54) is 5.32 Å². The summed E-state index contributed by atoms with van der Waals surface area (Å²) in [6.45, 7) is -0.736. The average Bonchev–Trinajstić information content (AvgIpc) is 2.65. The molecule has 0 aromatic carbocycles. The third-order valence-corrected chi connectivity index (χ3v) is 3.88. The topological polar surface area (TPSA) is 102 Å². The number of carbonyl (C=O) groups is 4. The van der Waals surface area contributed by atoms with Crippen LogP contribution in [0.1, 0.15) is 19.3 Å². The van der Waals surface area contributed by atoms with E-state index in [0.717, 1.165) is 12.0 Å². The number of hydrogen-bond acceptors (Lipinski definition) is 6. The smallest absolute Gasteiger partial charge is 0.467 e. The second-order valence-corrected chi connectivity index (χ2v) is 5.39. The lowest BCUT2D eigenvalue weighted by Gasteiger charge is -2.38. The van der Waals surface area contributed by atoms with Crippen molar-refractivity contribution in [1.29, 1.82) is 0 Å². The monoisotopic (exact) mass is 352 g/mol. The molecule has 1 unspecified atom stereocenters. The van der Waals surface area contributed by atoms with Crippen LogP contribution in [0, 0.1) is 0 Å². The molecule has 2 rings (SSSR count). The van der Waals surface area contributed by atoms with E-state index < -0.39 is 54.7 Å².